The molecule has 0 spiro atoms. The third kappa shape index (κ3) is 2.91. The molecule has 2 unspecified atom stereocenters. The van der Waals surface area contributed by atoms with Gasteiger partial charge in [0.2, 0.25) is 0 Å². The Kier molecular flexibility index (Phi) is 3.73. The van der Waals surface area contributed by atoms with Crippen LogP contribution >= 0.6 is 11.3 Å². The maximum absolute atomic E-state index is 10.7. The quantitative estimate of drug-likeness (QED) is 0.925. The Balaban J connectivity index is 1.65. The number of nitrogens with zero attached hydrogens (tertiary/aromatic N) is 2. The van der Waals surface area contributed by atoms with Crippen molar-refractivity contribution < 1.29 is 9.90 Å². The molecule has 0 bridgehead atoms. The summed E-state index contributed by atoms with van der Waals surface area (Å²) < 4.78 is 0. The highest BCUT2D eigenvalue weighted by atomic mass is 32.1. The summed E-state index contributed by atoms with van der Waals surface area (Å²) in [6.07, 6.45) is 6.85. The number of aliphatic carboxylic acids is 1. The molecule has 2 fully saturated rings. The number of thiazole rings is 1. The number of hydrogen-bond acceptors (Lipinski definition) is 4. The van der Waals surface area contributed by atoms with Gasteiger partial charge in [-0.25, -0.2) is 4.98 Å². The van der Waals surface area contributed by atoms with Gasteiger partial charge in [0.05, 0.1) is 12.1 Å². The Morgan fingerprint density at radius 2 is 2.16 bits per heavy atom. The molecule has 104 valence electrons. The minimum atomic E-state index is -0.803. The summed E-state index contributed by atoms with van der Waals surface area (Å²) in [7, 11) is 0. The Morgan fingerprint density at radius 1 is 1.37 bits per heavy atom. The van der Waals surface area contributed by atoms with Crippen molar-refractivity contribution in [3.63, 3.8) is 0 Å². The fourth-order valence-corrected chi connectivity index (χ4v) is 4.31. The Hall–Kier alpha value is -1.10. The Morgan fingerprint density at radius 3 is 2.95 bits per heavy atom. The Bertz CT molecular complexity index is 460. The average Bonchev–Trinajstić information content (AvgIpc) is 2.86. The first-order valence-electron chi connectivity index (χ1n) is 7.13. The summed E-state index contributed by atoms with van der Waals surface area (Å²) in [6.45, 7) is 2.20. The molecule has 1 aromatic rings. The molecular weight excluding hydrogens is 260 g/mol. The summed E-state index contributed by atoms with van der Waals surface area (Å²) in [5.41, 5.74) is 0.693. The van der Waals surface area contributed by atoms with E-state index in [4.69, 9.17) is 5.11 Å². The van der Waals surface area contributed by atoms with Gasteiger partial charge in [0.1, 0.15) is 0 Å². The average molecular weight is 280 g/mol. The second kappa shape index (κ2) is 5.49. The van der Waals surface area contributed by atoms with Crippen LogP contribution in [0.5, 0.6) is 0 Å². The van der Waals surface area contributed by atoms with E-state index in [1.165, 1.54) is 32.1 Å². The largest absolute Gasteiger partial charge is 0.481 e. The van der Waals surface area contributed by atoms with Crippen LogP contribution in [-0.2, 0) is 11.2 Å². The van der Waals surface area contributed by atoms with E-state index < -0.39 is 5.97 Å². The van der Waals surface area contributed by atoms with Crippen molar-refractivity contribution >= 4 is 22.4 Å². The van der Waals surface area contributed by atoms with Gasteiger partial charge >= 0.3 is 5.97 Å². The maximum atomic E-state index is 10.7. The molecule has 5 heteroatoms. The second-order valence-electron chi connectivity index (χ2n) is 5.73. The molecule has 1 aliphatic carbocycles. The minimum Gasteiger partial charge on any atom is -0.481 e. The normalized spacial score (nSPS) is 27.1. The fraction of sp³-hybridized carbons (Fsp3) is 0.714. The Labute approximate surface area is 117 Å². The predicted molar refractivity (Wildman–Crippen MR) is 75.7 cm³/mol. The van der Waals surface area contributed by atoms with E-state index >= 15 is 0 Å². The van der Waals surface area contributed by atoms with Crippen LogP contribution in [0.25, 0.3) is 0 Å². The van der Waals surface area contributed by atoms with Gasteiger partial charge in [0, 0.05) is 18.5 Å². The zero-order chi connectivity index (χ0) is 13.2. The van der Waals surface area contributed by atoms with E-state index in [0.29, 0.717) is 5.69 Å². The summed E-state index contributed by atoms with van der Waals surface area (Å²) in [4.78, 5) is 17.5. The first-order valence-corrected chi connectivity index (χ1v) is 8.01. The van der Waals surface area contributed by atoms with Gasteiger partial charge in [-0.2, -0.15) is 0 Å². The number of anilines is 1. The van der Waals surface area contributed by atoms with Gasteiger partial charge in [0.15, 0.2) is 5.13 Å². The van der Waals surface area contributed by atoms with Crippen molar-refractivity contribution in [2.24, 2.45) is 11.8 Å². The van der Waals surface area contributed by atoms with Crippen LogP contribution in [0.1, 0.15) is 37.8 Å². The molecule has 2 heterocycles. The number of carbonyl (C=O) groups is 1. The van der Waals surface area contributed by atoms with Crippen molar-refractivity contribution in [3.8, 4) is 0 Å². The van der Waals surface area contributed by atoms with Crippen LogP contribution in [-0.4, -0.2) is 29.1 Å². The molecule has 1 N–H and O–H groups in total. The van der Waals surface area contributed by atoms with Crippen molar-refractivity contribution in [2.75, 3.05) is 18.0 Å². The lowest BCUT2D eigenvalue weighted by Gasteiger charge is -2.41. The summed E-state index contributed by atoms with van der Waals surface area (Å²) in [5, 5.41) is 11.7. The topological polar surface area (TPSA) is 53.4 Å². The van der Waals surface area contributed by atoms with Crippen molar-refractivity contribution in [1.82, 2.24) is 4.98 Å². The molecule has 1 saturated heterocycles. The maximum Gasteiger partial charge on any atom is 0.309 e. The molecule has 2 aliphatic rings. The first kappa shape index (κ1) is 12.9. The summed E-state index contributed by atoms with van der Waals surface area (Å²) >= 11 is 1.59. The van der Waals surface area contributed by atoms with Crippen LogP contribution in [0.15, 0.2) is 5.38 Å². The number of carboxylic acid groups (broad SMARTS) is 1. The first-order chi connectivity index (χ1) is 9.22. The number of aromatic nitrogens is 1. The molecule has 2 atom stereocenters. The van der Waals surface area contributed by atoms with Crippen LogP contribution in [0.3, 0.4) is 0 Å². The smallest absolute Gasteiger partial charge is 0.309 e. The van der Waals surface area contributed by atoms with E-state index in [1.54, 1.807) is 11.3 Å². The van der Waals surface area contributed by atoms with Crippen LogP contribution < -0.4 is 4.90 Å². The van der Waals surface area contributed by atoms with E-state index in [0.717, 1.165) is 30.1 Å². The van der Waals surface area contributed by atoms with Crippen molar-refractivity contribution in [2.45, 2.75) is 38.5 Å². The highest BCUT2D eigenvalue weighted by Gasteiger charge is 2.31. The van der Waals surface area contributed by atoms with E-state index in [1.807, 2.05) is 5.38 Å². The SMILES string of the molecule is O=C(O)Cc1csc(N2CCC3CCCCC3C2)n1. The molecule has 0 amide bonds. The summed E-state index contributed by atoms with van der Waals surface area (Å²) in [5.74, 6) is 0.945. The molecule has 19 heavy (non-hydrogen) atoms. The van der Waals surface area contributed by atoms with Gasteiger partial charge in [-0.3, -0.25) is 4.79 Å². The summed E-state index contributed by atoms with van der Waals surface area (Å²) in [6, 6.07) is 0. The molecule has 1 aliphatic heterocycles. The van der Waals surface area contributed by atoms with Gasteiger partial charge in [-0.1, -0.05) is 19.3 Å². The highest BCUT2D eigenvalue weighted by molar-refractivity contribution is 7.13. The molecule has 0 aromatic carbocycles. The molecule has 1 saturated carbocycles. The molecular formula is C14H20N2O2S. The van der Waals surface area contributed by atoms with Gasteiger partial charge in [-0.05, 0) is 24.7 Å². The van der Waals surface area contributed by atoms with E-state index in [2.05, 4.69) is 9.88 Å². The zero-order valence-corrected chi connectivity index (χ0v) is 11.9. The molecule has 3 rings (SSSR count). The van der Waals surface area contributed by atoms with Crippen molar-refractivity contribution in [3.05, 3.63) is 11.1 Å². The number of hydrogen-bond donors (Lipinski definition) is 1. The van der Waals surface area contributed by atoms with Crippen LogP contribution in [0, 0.1) is 11.8 Å². The van der Waals surface area contributed by atoms with E-state index in [9.17, 15) is 4.79 Å². The monoisotopic (exact) mass is 280 g/mol. The van der Waals surface area contributed by atoms with E-state index in [-0.39, 0.29) is 6.42 Å². The molecule has 1 aromatic heterocycles. The number of fused-ring (bicyclic) bond motifs is 1. The highest BCUT2D eigenvalue weighted by Crippen LogP contribution is 2.38. The van der Waals surface area contributed by atoms with Crippen LogP contribution in [0.2, 0.25) is 0 Å². The van der Waals surface area contributed by atoms with Gasteiger partial charge < -0.3 is 10.0 Å². The van der Waals surface area contributed by atoms with Crippen LogP contribution in [0.4, 0.5) is 5.13 Å². The number of piperidine rings is 1. The van der Waals surface area contributed by atoms with Gasteiger partial charge in [-0.15, -0.1) is 11.3 Å². The number of carboxylic acids is 1. The lowest BCUT2D eigenvalue weighted by Crippen LogP contribution is -2.41. The third-order valence-electron chi connectivity index (χ3n) is 4.43. The minimum absolute atomic E-state index is 0.0381. The zero-order valence-electron chi connectivity index (χ0n) is 11.0. The molecule has 0 radical (unpaired) electrons. The lowest BCUT2D eigenvalue weighted by atomic mass is 9.75. The lowest BCUT2D eigenvalue weighted by molar-refractivity contribution is -0.136. The van der Waals surface area contributed by atoms with Gasteiger partial charge in [0.25, 0.3) is 0 Å². The standard InChI is InChI=1S/C14H20N2O2S/c17-13(18)7-12-9-19-14(15-12)16-6-5-10-3-1-2-4-11(10)8-16/h9-11H,1-8H2,(H,17,18). The third-order valence-corrected chi connectivity index (χ3v) is 5.38. The molecule has 4 nitrogen and oxygen atoms in total. The number of rotatable bonds is 3. The predicted octanol–water partition coefficient (Wildman–Crippen LogP) is 2.79. The van der Waals surface area contributed by atoms with Crippen molar-refractivity contribution in [1.29, 1.82) is 0 Å². The fourth-order valence-electron chi connectivity index (χ4n) is 3.45. The second-order valence-corrected chi connectivity index (χ2v) is 6.57.